The molecule has 1 aromatic heterocycles. The summed E-state index contributed by atoms with van der Waals surface area (Å²) in [5.74, 6) is 0.0413. The van der Waals surface area contributed by atoms with Crippen molar-refractivity contribution < 1.29 is 13.5 Å². The first-order valence-corrected chi connectivity index (χ1v) is 6.29. The van der Waals surface area contributed by atoms with E-state index in [2.05, 4.69) is 9.97 Å². The Kier molecular flexibility index (Phi) is 3.32. The molecule has 0 aliphatic rings. The summed E-state index contributed by atoms with van der Waals surface area (Å²) in [5, 5.41) is 13.9. The van der Waals surface area contributed by atoms with Gasteiger partial charge in [0.2, 0.25) is 10.0 Å². The van der Waals surface area contributed by atoms with E-state index >= 15 is 0 Å². The summed E-state index contributed by atoms with van der Waals surface area (Å²) in [6.45, 7) is 4.44. The van der Waals surface area contributed by atoms with Crippen LogP contribution in [0, 0.1) is 6.92 Å². The number of nitrogens with two attached hydrogens (primary N) is 1. The SMILES string of the molecule is Cc1cnc(C(C)(O)C(C)S(N)(=O)=O)nc1. The number of nitrogens with zero attached hydrogens (tertiary/aromatic N) is 2. The maximum Gasteiger partial charge on any atom is 0.215 e. The number of hydrogen-bond acceptors (Lipinski definition) is 5. The largest absolute Gasteiger partial charge is 0.381 e. The third-order valence-electron chi connectivity index (χ3n) is 2.52. The highest BCUT2D eigenvalue weighted by molar-refractivity contribution is 7.89. The van der Waals surface area contributed by atoms with Crippen molar-refractivity contribution in [3.63, 3.8) is 0 Å². The molecule has 0 bridgehead atoms. The van der Waals surface area contributed by atoms with E-state index in [0.717, 1.165) is 5.56 Å². The molecule has 0 aliphatic carbocycles. The van der Waals surface area contributed by atoms with Crippen molar-refractivity contribution in [3.8, 4) is 0 Å². The van der Waals surface area contributed by atoms with Gasteiger partial charge in [0.05, 0.1) is 0 Å². The standard InChI is InChI=1S/C9H15N3O3S/c1-6-4-11-8(12-5-6)9(3,13)7(2)16(10,14)15/h4-5,7,13H,1-3H3,(H2,10,14,15). The van der Waals surface area contributed by atoms with Crippen molar-refractivity contribution >= 4 is 10.0 Å². The zero-order valence-corrected chi connectivity index (χ0v) is 10.2. The molecule has 7 heteroatoms. The van der Waals surface area contributed by atoms with E-state index in [4.69, 9.17) is 5.14 Å². The van der Waals surface area contributed by atoms with E-state index in [0.29, 0.717) is 0 Å². The second-order valence-electron chi connectivity index (χ2n) is 3.96. The highest BCUT2D eigenvalue weighted by Gasteiger charge is 2.40. The topological polar surface area (TPSA) is 106 Å². The van der Waals surface area contributed by atoms with Gasteiger partial charge in [-0.05, 0) is 26.3 Å². The maximum atomic E-state index is 11.2. The number of rotatable bonds is 3. The van der Waals surface area contributed by atoms with Gasteiger partial charge in [-0.25, -0.2) is 23.5 Å². The van der Waals surface area contributed by atoms with Crippen LogP contribution in [-0.2, 0) is 15.6 Å². The summed E-state index contributed by atoms with van der Waals surface area (Å²) < 4.78 is 22.4. The average molecular weight is 245 g/mol. The van der Waals surface area contributed by atoms with Gasteiger partial charge < -0.3 is 5.11 Å². The Labute approximate surface area is 94.6 Å². The molecule has 16 heavy (non-hydrogen) atoms. The van der Waals surface area contributed by atoms with E-state index in [1.807, 2.05) is 0 Å². The molecule has 6 nitrogen and oxygen atoms in total. The Morgan fingerprint density at radius 3 is 2.25 bits per heavy atom. The number of aliphatic hydroxyl groups is 1. The predicted molar refractivity (Wildman–Crippen MR) is 58.9 cm³/mol. The van der Waals surface area contributed by atoms with E-state index in [1.54, 1.807) is 6.92 Å². The lowest BCUT2D eigenvalue weighted by Crippen LogP contribution is -2.44. The Morgan fingerprint density at radius 1 is 1.44 bits per heavy atom. The number of sulfonamides is 1. The van der Waals surface area contributed by atoms with Crippen LogP contribution < -0.4 is 5.14 Å². The molecule has 0 saturated carbocycles. The van der Waals surface area contributed by atoms with Gasteiger partial charge >= 0.3 is 0 Å². The average Bonchev–Trinajstić information content (AvgIpc) is 2.16. The summed E-state index contributed by atoms with van der Waals surface area (Å²) in [6.07, 6.45) is 3.01. The minimum Gasteiger partial charge on any atom is -0.381 e. The van der Waals surface area contributed by atoms with Gasteiger partial charge in [0.1, 0.15) is 10.9 Å². The third kappa shape index (κ3) is 2.55. The molecule has 3 N–H and O–H groups in total. The van der Waals surface area contributed by atoms with Crippen molar-refractivity contribution in [1.29, 1.82) is 0 Å². The molecular formula is C9H15N3O3S. The Balaban J connectivity index is 3.16. The molecule has 1 rings (SSSR count). The van der Waals surface area contributed by atoms with Crippen LogP contribution in [-0.4, -0.2) is 28.7 Å². The number of primary sulfonamides is 1. The second-order valence-corrected chi connectivity index (χ2v) is 5.85. The summed E-state index contributed by atoms with van der Waals surface area (Å²) in [7, 11) is -3.85. The molecule has 1 aromatic rings. The quantitative estimate of drug-likeness (QED) is 0.758. The maximum absolute atomic E-state index is 11.2. The first kappa shape index (κ1) is 13.0. The molecule has 0 aliphatic heterocycles. The molecule has 0 aromatic carbocycles. The number of aryl methyl sites for hydroxylation is 1. The molecule has 1 heterocycles. The van der Waals surface area contributed by atoms with Crippen molar-refractivity contribution in [2.24, 2.45) is 5.14 Å². The summed E-state index contributed by atoms with van der Waals surface area (Å²) in [5.41, 5.74) is -0.885. The van der Waals surface area contributed by atoms with Gasteiger partial charge in [-0.1, -0.05) is 0 Å². The third-order valence-corrected chi connectivity index (χ3v) is 3.96. The Bertz CT molecular complexity index is 467. The summed E-state index contributed by atoms with van der Waals surface area (Å²) in [4.78, 5) is 7.81. The monoisotopic (exact) mass is 245 g/mol. The van der Waals surface area contributed by atoms with Crippen molar-refractivity contribution in [2.45, 2.75) is 31.6 Å². The summed E-state index contributed by atoms with van der Waals surface area (Å²) >= 11 is 0. The van der Waals surface area contributed by atoms with Crippen LogP contribution in [0.15, 0.2) is 12.4 Å². The molecular weight excluding hydrogens is 230 g/mol. The first-order valence-electron chi connectivity index (χ1n) is 4.69. The minimum absolute atomic E-state index is 0.0413. The second kappa shape index (κ2) is 4.08. The fourth-order valence-corrected chi connectivity index (χ4v) is 1.90. The molecule has 2 unspecified atom stereocenters. The lowest BCUT2D eigenvalue weighted by Gasteiger charge is -2.26. The molecule has 2 atom stereocenters. The van der Waals surface area contributed by atoms with Crippen LogP contribution in [0.5, 0.6) is 0 Å². The first-order chi connectivity index (χ1) is 7.15. The van der Waals surface area contributed by atoms with Crippen molar-refractivity contribution in [1.82, 2.24) is 9.97 Å². The number of hydrogen-bond donors (Lipinski definition) is 2. The van der Waals surface area contributed by atoms with E-state index in [-0.39, 0.29) is 5.82 Å². The molecule has 0 saturated heterocycles. The Morgan fingerprint density at radius 2 is 1.88 bits per heavy atom. The lowest BCUT2D eigenvalue weighted by molar-refractivity contribution is 0.0469. The van der Waals surface area contributed by atoms with Gasteiger partial charge in [0.25, 0.3) is 0 Å². The Hall–Kier alpha value is -1.05. The fourth-order valence-electron chi connectivity index (χ4n) is 1.16. The predicted octanol–water partition coefficient (Wildman–Crippen LogP) is -0.330. The van der Waals surface area contributed by atoms with Crippen LogP contribution in [0.2, 0.25) is 0 Å². The smallest absolute Gasteiger partial charge is 0.215 e. The van der Waals surface area contributed by atoms with Crippen LogP contribution in [0.1, 0.15) is 25.2 Å². The molecule has 90 valence electrons. The zero-order valence-electron chi connectivity index (χ0n) is 9.38. The van der Waals surface area contributed by atoms with Gasteiger partial charge in [-0.2, -0.15) is 0 Å². The highest BCUT2D eigenvalue weighted by atomic mass is 32.2. The molecule has 0 radical (unpaired) electrons. The van der Waals surface area contributed by atoms with Crippen molar-refractivity contribution in [2.75, 3.05) is 0 Å². The van der Waals surface area contributed by atoms with E-state index in [1.165, 1.54) is 26.2 Å². The minimum atomic E-state index is -3.85. The highest BCUT2D eigenvalue weighted by Crippen LogP contribution is 2.24. The number of aromatic nitrogens is 2. The normalized spacial score (nSPS) is 17.8. The lowest BCUT2D eigenvalue weighted by atomic mass is 10.0. The molecule has 0 fully saturated rings. The van der Waals surface area contributed by atoms with Crippen LogP contribution in [0.25, 0.3) is 0 Å². The van der Waals surface area contributed by atoms with Crippen molar-refractivity contribution in [3.05, 3.63) is 23.8 Å². The fraction of sp³-hybridized carbons (Fsp3) is 0.556. The molecule has 0 amide bonds. The van der Waals surface area contributed by atoms with Crippen LogP contribution in [0.3, 0.4) is 0 Å². The molecule has 0 spiro atoms. The van der Waals surface area contributed by atoms with E-state index in [9.17, 15) is 13.5 Å². The van der Waals surface area contributed by atoms with Gasteiger partial charge in [0.15, 0.2) is 5.82 Å². The van der Waals surface area contributed by atoms with Gasteiger partial charge in [-0.3, -0.25) is 0 Å². The summed E-state index contributed by atoms with van der Waals surface area (Å²) in [6, 6.07) is 0. The zero-order chi connectivity index (χ0) is 12.6. The van der Waals surface area contributed by atoms with Gasteiger partial charge in [0, 0.05) is 12.4 Å². The van der Waals surface area contributed by atoms with Crippen LogP contribution in [0.4, 0.5) is 0 Å². The van der Waals surface area contributed by atoms with E-state index < -0.39 is 20.9 Å². The van der Waals surface area contributed by atoms with Crippen LogP contribution >= 0.6 is 0 Å². The van der Waals surface area contributed by atoms with Gasteiger partial charge in [-0.15, -0.1) is 0 Å².